The van der Waals surface area contributed by atoms with Gasteiger partial charge in [-0.2, -0.15) is 0 Å². The highest BCUT2D eigenvalue weighted by Gasteiger charge is 2.20. The molecule has 0 atom stereocenters. The van der Waals surface area contributed by atoms with Crippen molar-refractivity contribution in [1.29, 1.82) is 0 Å². The molecule has 140 valence electrons. The van der Waals surface area contributed by atoms with Gasteiger partial charge in [0.25, 0.3) is 5.91 Å². The van der Waals surface area contributed by atoms with E-state index >= 15 is 0 Å². The summed E-state index contributed by atoms with van der Waals surface area (Å²) >= 11 is 0. The first-order valence-electron chi connectivity index (χ1n) is 7.95. The number of amides is 1. The average molecular weight is 368 g/mol. The number of ether oxygens (including phenoxy) is 1. The standard InChI is InChI=1S/C18H19F3N2O3/c1-3-25-8-9-26-23-18(24)12-5-6-13(19)16(21)17(12)22-15-7-4-11(2)10-14(15)20/h4-7,10,22H,3,8-9H2,1-2H3,(H,23,24). The minimum atomic E-state index is -1.30. The third-order valence-electron chi connectivity index (χ3n) is 3.42. The number of anilines is 2. The van der Waals surface area contributed by atoms with Crippen molar-refractivity contribution in [1.82, 2.24) is 5.48 Å². The fraction of sp³-hybridized carbons (Fsp3) is 0.278. The van der Waals surface area contributed by atoms with E-state index in [-0.39, 0.29) is 24.5 Å². The van der Waals surface area contributed by atoms with Crippen LogP contribution in [0.25, 0.3) is 0 Å². The highest BCUT2D eigenvalue weighted by atomic mass is 19.2. The third-order valence-corrected chi connectivity index (χ3v) is 3.42. The normalized spacial score (nSPS) is 10.7. The zero-order valence-electron chi connectivity index (χ0n) is 14.4. The van der Waals surface area contributed by atoms with Crippen molar-refractivity contribution in [3.05, 3.63) is 58.9 Å². The van der Waals surface area contributed by atoms with Crippen LogP contribution in [0.5, 0.6) is 0 Å². The summed E-state index contributed by atoms with van der Waals surface area (Å²) in [6.07, 6.45) is 0. The van der Waals surface area contributed by atoms with E-state index in [2.05, 4.69) is 10.8 Å². The van der Waals surface area contributed by atoms with Crippen LogP contribution in [0.3, 0.4) is 0 Å². The van der Waals surface area contributed by atoms with Crippen molar-refractivity contribution in [2.45, 2.75) is 13.8 Å². The van der Waals surface area contributed by atoms with E-state index in [4.69, 9.17) is 9.57 Å². The van der Waals surface area contributed by atoms with Crippen LogP contribution in [-0.2, 0) is 9.57 Å². The van der Waals surface area contributed by atoms with Crippen LogP contribution in [-0.4, -0.2) is 25.7 Å². The molecule has 0 unspecified atom stereocenters. The van der Waals surface area contributed by atoms with Crippen molar-refractivity contribution in [2.24, 2.45) is 0 Å². The predicted molar refractivity (Wildman–Crippen MR) is 90.7 cm³/mol. The third kappa shape index (κ3) is 4.96. The molecule has 0 saturated carbocycles. The Labute approximate surface area is 149 Å². The number of halogens is 3. The fourth-order valence-electron chi connectivity index (χ4n) is 2.13. The van der Waals surface area contributed by atoms with Gasteiger partial charge in [0.05, 0.1) is 30.2 Å². The minimum Gasteiger partial charge on any atom is -0.379 e. The molecule has 0 aliphatic rings. The molecule has 0 aliphatic carbocycles. The first kappa shape index (κ1) is 19.7. The zero-order chi connectivity index (χ0) is 19.1. The molecular formula is C18H19F3N2O3. The number of carbonyl (C=O) groups excluding carboxylic acids is 1. The molecule has 2 N–H and O–H groups in total. The Bertz CT molecular complexity index is 785. The highest BCUT2D eigenvalue weighted by molar-refractivity contribution is 5.99. The summed E-state index contributed by atoms with van der Waals surface area (Å²) in [5.74, 6) is -3.94. The van der Waals surface area contributed by atoms with E-state index in [1.54, 1.807) is 13.0 Å². The quantitative estimate of drug-likeness (QED) is 0.549. The fourth-order valence-corrected chi connectivity index (χ4v) is 2.13. The molecule has 8 heteroatoms. The molecule has 0 spiro atoms. The maximum absolute atomic E-state index is 14.2. The van der Waals surface area contributed by atoms with Gasteiger partial charge >= 0.3 is 0 Å². The average Bonchev–Trinajstić information content (AvgIpc) is 2.60. The van der Waals surface area contributed by atoms with Crippen LogP contribution in [0.15, 0.2) is 30.3 Å². The van der Waals surface area contributed by atoms with Gasteiger partial charge in [-0.05, 0) is 43.7 Å². The maximum atomic E-state index is 14.2. The lowest BCUT2D eigenvalue weighted by atomic mass is 10.1. The molecule has 0 fully saturated rings. The van der Waals surface area contributed by atoms with E-state index in [0.717, 1.165) is 12.1 Å². The number of hydrogen-bond donors (Lipinski definition) is 2. The molecule has 0 heterocycles. The van der Waals surface area contributed by atoms with Crippen LogP contribution in [0.1, 0.15) is 22.8 Å². The molecule has 2 rings (SSSR count). The molecular weight excluding hydrogens is 349 g/mol. The van der Waals surface area contributed by atoms with Gasteiger partial charge in [0.2, 0.25) is 0 Å². The smallest absolute Gasteiger partial charge is 0.277 e. The van der Waals surface area contributed by atoms with Gasteiger partial charge in [-0.3, -0.25) is 9.63 Å². The van der Waals surface area contributed by atoms with Gasteiger partial charge < -0.3 is 10.1 Å². The Morgan fingerprint density at radius 3 is 2.54 bits per heavy atom. The first-order chi connectivity index (χ1) is 12.4. The van der Waals surface area contributed by atoms with Crippen molar-refractivity contribution >= 4 is 17.3 Å². The van der Waals surface area contributed by atoms with Gasteiger partial charge in [-0.25, -0.2) is 18.7 Å². The molecule has 0 aliphatic heterocycles. The van der Waals surface area contributed by atoms with Crippen molar-refractivity contribution in [3.63, 3.8) is 0 Å². The van der Waals surface area contributed by atoms with Crippen LogP contribution in [0.4, 0.5) is 24.5 Å². The minimum absolute atomic E-state index is 0.0820. The molecule has 0 saturated heterocycles. The van der Waals surface area contributed by atoms with Crippen molar-refractivity contribution in [2.75, 3.05) is 25.1 Å². The number of hydroxylamine groups is 1. The Morgan fingerprint density at radius 1 is 1.08 bits per heavy atom. The number of nitrogens with one attached hydrogen (secondary N) is 2. The van der Waals surface area contributed by atoms with Gasteiger partial charge in [-0.1, -0.05) is 6.07 Å². The molecule has 5 nitrogen and oxygen atoms in total. The summed E-state index contributed by atoms with van der Waals surface area (Å²) in [5.41, 5.74) is 1.96. The Morgan fingerprint density at radius 2 is 1.85 bits per heavy atom. The number of carbonyl (C=O) groups is 1. The van der Waals surface area contributed by atoms with Crippen LogP contribution in [0, 0.1) is 24.4 Å². The molecule has 26 heavy (non-hydrogen) atoms. The van der Waals surface area contributed by atoms with E-state index in [0.29, 0.717) is 12.2 Å². The second-order valence-corrected chi connectivity index (χ2v) is 5.37. The number of benzene rings is 2. The second-order valence-electron chi connectivity index (χ2n) is 5.37. The molecule has 2 aromatic carbocycles. The Hall–Kier alpha value is -2.58. The summed E-state index contributed by atoms with van der Waals surface area (Å²) in [4.78, 5) is 17.1. The summed E-state index contributed by atoms with van der Waals surface area (Å²) in [7, 11) is 0. The number of hydrogen-bond acceptors (Lipinski definition) is 4. The molecule has 0 bridgehead atoms. The van der Waals surface area contributed by atoms with E-state index in [1.165, 1.54) is 12.1 Å². The number of rotatable bonds is 8. The molecule has 1 amide bonds. The topological polar surface area (TPSA) is 59.6 Å². The van der Waals surface area contributed by atoms with Crippen LogP contribution in [0.2, 0.25) is 0 Å². The Kier molecular flexibility index (Phi) is 6.99. The SMILES string of the molecule is CCOCCONC(=O)c1ccc(F)c(F)c1Nc1ccc(C)cc1F. The summed E-state index contributed by atoms with van der Waals surface area (Å²) in [5, 5.41) is 2.44. The second kappa shape index (κ2) is 9.21. The lowest BCUT2D eigenvalue weighted by Crippen LogP contribution is -2.26. The summed E-state index contributed by atoms with van der Waals surface area (Å²) in [6, 6.07) is 6.08. The van der Waals surface area contributed by atoms with Crippen LogP contribution >= 0.6 is 0 Å². The van der Waals surface area contributed by atoms with Gasteiger partial charge in [0.15, 0.2) is 11.6 Å². The predicted octanol–water partition coefficient (Wildman–Crippen LogP) is 3.85. The Balaban J connectivity index is 2.21. The lowest BCUT2D eigenvalue weighted by molar-refractivity contribution is 0.00169. The first-order valence-corrected chi connectivity index (χ1v) is 7.95. The monoisotopic (exact) mass is 368 g/mol. The van der Waals surface area contributed by atoms with E-state index < -0.39 is 29.0 Å². The maximum Gasteiger partial charge on any atom is 0.277 e. The van der Waals surface area contributed by atoms with Crippen molar-refractivity contribution in [3.8, 4) is 0 Å². The van der Waals surface area contributed by atoms with E-state index in [1.807, 2.05) is 6.92 Å². The van der Waals surface area contributed by atoms with Gasteiger partial charge in [0.1, 0.15) is 5.82 Å². The van der Waals surface area contributed by atoms with Gasteiger partial charge in [0, 0.05) is 6.61 Å². The summed E-state index contributed by atoms with van der Waals surface area (Å²) in [6.45, 7) is 4.33. The molecule has 0 radical (unpaired) electrons. The number of aryl methyl sites for hydroxylation is 1. The largest absolute Gasteiger partial charge is 0.379 e. The van der Waals surface area contributed by atoms with Crippen LogP contribution < -0.4 is 10.8 Å². The summed E-state index contributed by atoms with van der Waals surface area (Å²) < 4.78 is 46.8. The molecule has 2 aromatic rings. The lowest BCUT2D eigenvalue weighted by Gasteiger charge is -2.14. The van der Waals surface area contributed by atoms with Gasteiger partial charge in [-0.15, -0.1) is 0 Å². The van der Waals surface area contributed by atoms with E-state index in [9.17, 15) is 18.0 Å². The molecule has 0 aromatic heterocycles. The highest BCUT2D eigenvalue weighted by Crippen LogP contribution is 2.28. The zero-order valence-corrected chi connectivity index (χ0v) is 14.4. The van der Waals surface area contributed by atoms with Crippen molar-refractivity contribution < 1.29 is 27.5 Å².